The number of amides is 1. The van der Waals surface area contributed by atoms with Gasteiger partial charge >= 0.3 is 6.18 Å². The highest BCUT2D eigenvalue weighted by molar-refractivity contribution is 7.03. The van der Waals surface area contributed by atoms with Gasteiger partial charge in [0.05, 0.1) is 0 Å². The van der Waals surface area contributed by atoms with Crippen molar-refractivity contribution in [1.82, 2.24) is 9.27 Å². The molecular weight excluding hydrogens is 277 g/mol. The molecule has 1 heterocycles. The molecule has 0 bridgehead atoms. The Morgan fingerprint density at radius 2 is 2.32 bits per heavy atom. The molecule has 1 aromatic heterocycles. The summed E-state index contributed by atoms with van der Waals surface area (Å²) < 4.78 is 43.3. The van der Waals surface area contributed by atoms with E-state index >= 15 is 0 Å². The van der Waals surface area contributed by atoms with Gasteiger partial charge in [0.25, 0.3) is 0 Å². The highest BCUT2D eigenvalue weighted by Gasteiger charge is 2.53. The lowest BCUT2D eigenvalue weighted by Crippen LogP contribution is -2.49. The van der Waals surface area contributed by atoms with E-state index in [4.69, 9.17) is 0 Å². The van der Waals surface area contributed by atoms with E-state index in [1.807, 2.05) is 0 Å². The maximum atomic E-state index is 13.1. The van der Waals surface area contributed by atoms with Gasteiger partial charge in [0, 0.05) is 23.7 Å². The van der Waals surface area contributed by atoms with Crippen LogP contribution in [0.15, 0.2) is 24.2 Å². The molecular formula is C12H13F3N2OS. The summed E-state index contributed by atoms with van der Waals surface area (Å²) in [5.74, 6) is -1.18. The summed E-state index contributed by atoms with van der Waals surface area (Å²) in [6.07, 6.45) is -0.988. The monoisotopic (exact) mass is 290 g/mol. The Morgan fingerprint density at radius 1 is 1.63 bits per heavy atom. The summed E-state index contributed by atoms with van der Waals surface area (Å²) in [7, 11) is 0. The molecule has 0 radical (unpaired) electrons. The van der Waals surface area contributed by atoms with Crippen LogP contribution in [0.4, 0.5) is 13.2 Å². The van der Waals surface area contributed by atoms with E-state index < -0.39 is 24.0 Å². The zero-order chi connectivity index (χ0) is 14.0. The van der Waals surface area contributed by atoms with E-state index in [-0.39, 0.29) is 6.54 Å². The lowest BCUT2D eigenvalue weighted by atomic mass is 10.1. The Balaban J connectivity index is 2.24. The zero-order valence-electron chi connectivity index (χ0n) is 10.1. The standard InChI is InChI=1S/C12H13F3N2OS/c1-2-10(18)17(6-8-5-16-19-7-8)11(9-3-4-9)12(13,14)15/h2,5,7,9,11H,1,3-4,6H2. The average Bonchev–Trinajstić information content (AvgIpc) is 3.01. The quantitative estimate of drug-likeness (QED) is 0.781. The number of nitrogens with zero attached hydrogens (tertiary/aromatic N) is 2. The normalized spacial score (nSPS) is 17.0. The van der Waals surface area contributed by atoms with Crippen molar-refractivity contribution in [1.29, 1.82) is 0 Å². The Bertz CT molecular complexity index is 454. The number of hydrogen-bond donors (Lipinski definition) is 0. The van der Waals surface area contributed by atoms with Crippen LogP contribution >= 0.6 is 11.5 Å². The summed E-state index contributed by atoms with van der Waals surface area (Å²) >= 11 is 1.15. The molecule has 1 aliphatic rings. The van der Waals surface area contributed by atoms with Gasteiger partial charge in [0.1, 0.15) is 6.04 Å². The first-order valence-corrected chi connectivity index (χ1v) is 6.65. The number of carbonyl (C=O) groups excluding carboxylic acids is 1. The first kappa shape index (κ1) is 14.0. The zero-order valence-corrected chi connectivity index (χ0v) is 10.9. The third-order valence-electron chi connectivity index (χ3n) is 3.03. The molecule has 0 spiro atoms. The van der Waals surface area contributed by atoms with Crippen molar-refractivity contribution < 1.29 is 18.0 Å². The fourth-order valence-electron chi connectivity index (χ4n) is 2.04. The van der Waals surface area contributed by atoms with Crippen molar-refractivity contribution in [2.45, 2.75) is 31.6 Å². The van der Waals surface area contributed by atoms with Crippen LogP contribution in [0.1, 0.15) is 18.4 Å². The van der Waals surface area contributed by atoms with Crippen LogP contribution in [-0.2, 0) is 11.3 Å². The predicted octanol–water partition coefficient (Wildman–Crippen LogP) is 3.00. The number of aromatic nitrogens is 1. The van der Waals surface area contributed by atoms with Crippen molar-refractivity contribution in [3.8, 4) is 0 Å². The maximum absolute atomic E-state index is 13.1. The lowest BCUT2D eigenvalue weighted by molar-refractivity contribution is -0.194. The third-order valence-corrected chi connectivity index (χ3v) is 3.67. The van der Waals surface area contributed by atoms with E-state index in [0.29, 0.717) is 18.4 Å². The number of carbonyl (C=O) groups is 1. The molecule has 7 heteroatoms. The van der Waals surface area contributed by atoms with Crippen LogP contribution in [0.25, 0.3) is 0 Å². The molecule has 0 aliphatic heterocycles. The Labute approximate surface area is 112 Å². The van der Waals surface area contributed by atoms with E-state index in [1.54, 1.807) is 5.38 Å². The molecule has 0 saturated heterocycles. The average molecular weight is 290 g/mol. The minimum atomic E-state index is -4.41. The molecule has 2 rings (SSSR count). The third kappa shape index (κ3) is 3.34. The highest BCUT2D eigenvalue weighted by atomic mass is 32.1. The topological polar surface area (TPSA) is 33.2 Å². The van der Waals surface area contributed by atoms with Gasteiger partial charge in [0.15, 0.2) is 0 Å². The molecule has 19 heavy (non-hydrogen) atoms. The first-order valence-electron chi connectivity index (χ1n) is 5.81. The van der Waals surface area contributed by atoms with Gasteiger partial charge in [-0.05, 0) is 36.4 Å². The minimum Gasteiger partial charge on any atom is -0.322 e. The second-order valence-corrected chi connectivity index (χ2v) is 5.18. The summed E-state index contributed by atoms with van der Waals surface area (Å²) in [5, 5.41) is 1.64. The predicted molar refractivity (Wildman–Crippen MR) is 65.4 cm³/mol. The van der Waals surface area contributed by atoms with Crippen molar-refractivity contribution in [3.63, 3.8) is 0 Å². The fraction of sp³-hybridized carbons (Fsp3) is 0.500. The van der Waals surface area contributed by atoms with Crippen LogP contribution in [0.3, 0.4) is 0 Å². The Kier molecular flexibility index (Phi) is 3.93. The molecule has 1 atom stereocenters. The summed E-state index contributed by atoms with van der Waals surface area (Å²) in [6, 6.07) is -1.72. The van der Waals surface area contributed by atoms with E-state index in [0.717, 1.165) is 22.5 Å². The number of halogens is 3. The van der Waals surface area contributed by atoms with E-state index in [2.05, 4.69) is 11.0 Å². The summed E-state index contributed by atoms with van der Waals surface area (Å²) in [6.45, 7) is 3.20. The summed E-state index contributed by atoms with van der Waals surface area (Å²) in [5.41, 5.74) is 0.607. The van der Waals surface area contributed by atoms with Crippen molar-refractivity contribution in [2.24, 2.45) is 5.92 Å². The van der Waals surface area contributed by atoms with Crippen LogP contribution in [0.2, 0.25) is 0 Å². The van der Waals surface area contributed by atoms with Crippen LogP contribution < -0.4 is 0 Å². The van der Waals surface area contributed by atoms with Crippen LogP contribution in [0.5, 0.6) is 0 Å². The molecule has 1 unspecified atom stereocenters. The van der Waals surface area contributed by atoms with Gasteiger partial charge < -0.3 is 4.90 Å². The molecule has 1 fully saturated rings. The van der Waals surface area contributed by atoms with Crippen LogP contribution in [-0.4, -0.2) is 27.4 Å². The maximum Gasteiger partial charge on any atom is 0.409 e. The van der Waals surface area contributed by atoms with E-state index in [1.165, 1.54) is 6.20 Å². The molecule has 1 saturated carbocycles. The van der Waals surface area contributed by atoms with Gasteiger partial charge in [-0.25, -0.2) is 4.37 Å². The second kappa shape index (κ2) is 5.32. The molecule has 3 nitrogen and oxygen atoms in total. The number of hydrogen-bond acceptors (Lipinski definition) is 3. The Morgan fingerprint density at radius 3 is 2.74 bits per heavy atom. The van der Waals surface area contributed by atoms with Crippen molar-refractivity contribution in [3.05, 3.63) is 29.8 Å². The highest BCUT2D eigenvalue weighted by Crippen LogP contribution is 2.43. The molecule has 1 aliphatic carbocycles. The molecule has 0 N–H and O–H groups in total. The van der Waals surface area contributed by atoms with Gasteiger partial charge in [-0.1, -0.05) is 6.58 Å². The minimum absolute atomic E-state index is 0.0813. The molecule has 104 valence electrons. The van der Waals surface area contributed by atoms with Gasteiger partial charge in [0.2, 0.25) is 5.91 Å². The number of rotatable bonds is 5. The van der Waals surface area contributed by atoms with Gasteiger partial charge in [-0.3, -0.25) is 4.79 Å². The molecule has 1 amide bonds. The lowest BCUT2D eigenvalue weighted by Gasteiger charge is -2.32. The van der Waals surface area contributed by atoms with Gasteiger partial charge in [-0.2, -0.15) is 13.2 Å². The van der Waals surface area contributed by atoms with Gasteiger partial charge in [-0.15, -0.1) is 0 Å². The van der Waals surface area contributed by atoms with Crippen molar-refractivity contribution in [2.75, 3.05) is 0 Å². The smallest absolute Gasteiger partial charge is 0.322 e. The van der Waals surface area contributed by atoms with E-state index in [9.17, 15) is 18.0 Å². The Hall–Kier alpha value is -1.37. The van der Waals surface area contributed by atoms with Crippen LogP contribution in [0, 0.1) is 5.92 Å². The first-order chi connectivity index (χ1) is 8.93. The van der Waals surface area contributed by atoms with Crippen molar-refractivity contribution >= 4 is 17.4 Å². The summed E-state index contributed by atoms with van der Waals surface area (Å²) in [4.78, 5) is 12.6. The molecule has 0 aromatic carbocycles. The fourth-order valence-corrected chi connectivity index (χ4v) is 2.57. The molecule has 1 aromatic rings. The second-order valence-electron chi connectivity index (χ2n) is 4.53. The number of alkyl halides is 3. The SMILES string of the molecule is C=CC(=O)N(Cc1cnsc1)C(C1CC1)C(F)(F)F. The largest absolute Gasteiger partial charge is 0.409 e.